The lowest BCUT2D eigenvalue weighted by Crippen LogP contribution is -2.40. The number of hydrogen-bond donors (Lipinski definition) is 3. The van der Waals surface area contributed by atoms with Crippen molar-refractivity contribution in [2.45, 2.75) is 19.4 Å². The Morgan fingerprint density at radius 2 is 2.13 bits per heavy atom. The van der Waals surface area contributed by atoms with Crippen LogP contribution >= 0.6 is 0 Å². The Morgan fingerprint density at radius 3 is 2.67 bits per heavy atom. The molecule has 1 heterocycles. The summed E-state index contributed by atoms with van der Waals surface area (Å²) in [5.74, 6) is 0.0663. The van der Waals surface area contributed by atoms with E-state index in [0.717, 1.165) is 0 Å². The minimum Gasteiger partial charge on any atom is -0.382 e. The first-order valence-electron chi connectivity index (χ1n) is 4.41. The highest BCUT2D eigenvalue weighted by Gasteiger charge is 2.19. The van der Waals surface area contributed by atoms with Crippen molar-refractivity contribution in [2.75, 3.05) is 19.0 Å². The van der Waals surface area contributed by atoms with Crippen molar-refractivity contribution in [3.63, 3.8) is 0 Å². The molecule has 0 spiro atoms. The van der Waals surface area contributed by atoms with E-state index in [0.29, 0.717) is 6.61 Å². The van der Waals surface area contributed by atoms with Crippen molar-refractivity contribution in [1.29, 1.82) is 0 Å². The van der Waals surface area contributed by atoms with Crippen LogP contribution in [0.1, 0.15) is 13.8 Å². The Labute approximate surface area is 85.9 Å². The first-order valence-corrected chi connectivity index (χ1v) is 4.41. The molecule has 1 rings (SSSR count). The van der Waals surface area contributed by atoms with Gasteiger partial charge in [0.15, 0.2) is 0 Å². The highest BCUT2D eigenvalue weighted by Crippen LogP contribution is 2.07. The Kier molecular flexibility index (Phi) is 3.25. The van der Waals surface area contributed by atoms with Gasteiger partial charge >= 0.3 is 5.69 Å². The van der Waals surface area contributed by atoms with Gasteiger partial charge in [0.1, 0.15) is 0 Å². The predicted octanol–water partition coefficient (Wildman–Crippen LogP) is -0.705. The topological polar surface area (TPSA) is 99.9 Å². The van der Waals surface area contributed by atoms with Crippen LogP contribution < -0.4 is 16.6 Å². The van der Waals surface area contributed by atoms with E-state index >= 15 is 0 Å². The first kappa shape index (κ1) is 11.4. The van der Waals surface area contributed by atoms with Crippen LogP contribution in [0.4, 0.5) is 5.82 Å². The standard InChI is InChI=1S/C8H14N4O3/c1-8(2,4-15-3)10-5-6(13)9-7(14)12-11-5/h4H2,1-3H3,(H,10,11)(H2,9,12,13,14). The van der Waals surface area contributed by atoms with E-state index in [1.54, 1.807) is 7.11 Å². The summed E-state index contributed by atoms with van der Waals surface area (Å²) in [7, 11) is 1.56. The normalized spacial score (nSPS) is 11.4. The molecule has 0 saturated carbocycles. The van der Waals surface area contributed by atoms with Crippen molar-refractivity contribution in [3.05, 3.63) is 20.8 Å². The Balaban J connectivity index is 2.90. The number of hydrogen-bond acceptors (Lipinski definition) is 5. The van der Waals surface area contributed by atoms with Crippen molar-refractivity contribution < 1.29 is 4.74 Å². The smallest absolute Gasteiger partial charge is 0.342 e. The Bertz CT molecular complexity index is 434. The molecule has 0 radical (unpaired) electrons. The summed E-state index contributed by atoms with van der Waals surface area (Å²) in [4.78, 5) is 24.1. The van der Waals surface area contributed by atoms with Crippen molar-refractivity contribution in [2.24, 2.45) is 0 Å². The third kappa shape index (κ3) is 3.21. The van der Waals surface area contributed by atoms with Crippen molar-refractivity contribution in [3.8, 4) is 0 Å². The van der Waals surface area contributed by atoms with E-state index in [2.05, 4.69) is 20.5 Å². The largest absolute Gasteiger partial charge is 0.382 e. The third-order valence-electron chi connectivity index (χ3n) is 1.67. The van der Waals surface area contributed by atoms with Gasteiger partial charge in [0.05, 0.1) is 12.1 Å². The molecule has 84 valence electrons. The van der Waals surface area contributed by atoms with Gasteiger partial charge in [-0.15, -0.1) is 5.10 Å². The molecule has 0 aliphatic carbocycles. The quantitative estimate of drug-likeness (QED) is 0.615. The van der Waals surface area contributed by atoms with E-state index in [4.69, 9.17) is 4.74 Å². The fourth-order valence-electron chi connectivity index (χ4n) is 1.15. The molecule has 0 aliphatic rings. The average molecular weight is 214 g/mol. The molecule has 0 aromatic carbocycles. The van der Waals surface area contributed by atoms with Crippen LogP contribution in [0.15, 0.2) is 9.59 Å². The van der Waals surface area contributed by atoms with Crippen LogP contribution in [0.2, 0.25) is 0 Å². The lowest BCUT2D eigenvalue weighted by molar-refractivity contribution is 0.158. The molecule has 1 aromatic heterocycles. The molecule has 7 nitrogen and oxygen atoms in total. The summed E-state index contributed by atoms with van der Waals surface area (Å²) in [5, 5.41) is 8.60. The van der Waals surface area contributed by atoms with Crippen LogP contribution in [-0.2, 0) is 4.74 Å². The molecule has 0 fully saturated rings. The zero-order chi connectivity index (χ0) is 11.5. The molecule has 15 heavy (non-hydrogen) atoms. The second-order valence-electron chi connectivity index (χ2n) is 3.80. The number of H-pyrrole nitrogens is 2. The summed E-state index contributed by atoms with van der Waals surface area (Å²) >= 11 is 0. The average Bonchev–Trinajstić information content (AvgIpc) is 2.09. The number of nitrogens with one attached hydrogen (secondary N) is 3. The van der Waals surface area contributed by atoms with E-state index in [9.17, 15) is 9.59 Å². The molecule has 0 amide bonds. The van der Waals surface area contributed by atoms with Crippen LogP contribution in [0.25, 0.3) is 0 Å². The zero-order valence-corrected chi connectivity index (χ0v) is 8.88. The molecule has 0 unspecified atom stereocenters. The van der Waals surface area contributed by atoms with Crippen molar-refractivity contribution in [1.82, 2.24) is 15.2 Å². The molecular formula is C8H14N4O3. The van der Waals surface area contributed by atoms with Crippen LogP contribution in [0, 0.1) is 0 Å². The van der Waals surface area contributed by atoms with Gasteiger partial charge in [0, 0.05) is 7.11 Å². The van der Waals surface area contributed by atoms with Crippen LogP contribution in [0.5, 0.6) is 0 Å². The number of rotatable bonds is 4. The summed E-state index contributed by atoms with van der Waals surface area (Å²) in [6, 6.07) is 0. The second-order valence-corrected chi connectivity index (χ2v) is 3.80. The fraction of sp³-hybridized carbons (Fsp3) is 0.625. The van der Waals surface area contributed by atoms with Gasteiger partial charge < -0.3 is 10.1 Å². The number of anilines is 1. The number of aromatic amines is 2. The Hall–Kier alpha value is -1.63. The lowest BCUT2D eigenvalue weighted by atomic mass is 10.1. The van der Waals surface area contributed by atoms with Gasteiger partial charge in [-0.05, 0) is 13.8 Å². The maximum atomic E-state index is 11.3. The van der Waals surface area contributed by atoms with Gasteiger partial charge in [-0.3, -0.25) is 9.78 Å². The van der Waals surface area contributed by atoms with Gasteiger partial charge in [-0.2, -0.15) is 0 Å². The van der Waals surface area contributed by atoms with E-state index in [1.165, 1.54) is 0 Å². The van der Waals surface area contributed by atoms with E-state index in [1.807, 2.05) is 13.8 Å². The summed E-state index contributed by atoms with van der Waals surface area (Å²) in [6.45, 7) is 4.11. The van der Waals surface area contributed by atoms with E-state index in [-0.39, 0.29) is 5.82 Å². The Morgan fingerprint density at radius 1 is 1.47 bits per heavy atom. The molecule has 3 N–H and O–H groups in total. The van der Waals surface area contributed by atoms with Gasteiger partial charge in [-0.25, -0.2) is 9.89 Å². The van der Waals surface area contributed by atoms with Crippen molar-refractivity contribution >= 4 is 5.82 Å². The molecular weight excluding hydrogens is 200 g/mol. The van der Waals surface area contributed by atoms with E-state index < -0.39 is 16.8 Å². The van der Waals surface area contributed by atoms with Gasteiger partial charge in [-0.1, -0.05) is 0 Å². The minimum atomic E-state index is -0.630. The summed E-state index contributed by atoms with van der Waals surface area (Å²) in [6.07, 6.45) is 0. The molecule has 1 aromatic rings. The monoisotopic (exact) mass is 214 g/mol. The molecule has 0 bridgehead atoms. The SMILES string of the molecule is COCC(C)(C)Nc1n[nH]c(=O)[nH]c1=O. The lowest BCUT2D eigenvalue weighted by Gasteiger charge is -2.24. The third-order valence-corrected chi connectivity index (χ3v) is 1.67. The minimum absolute atomic E-state index is 0.0663. The predicted molar refractivity (Wildman–Crippen MR) is 55.1 cm³/mol. The maximum Gasteiger partial charge on any atom is 0.342 e. The molecule has 0 aliphatic heterocycles. The second kappa shape index (κ2) is 4.26. The highest BCUT2D eigenvalue weighted by molar-refractivity contribution is 5.32. The number of ether oxygens (including phenoxy) is 1. The van der Waals surface area contributed by atoms with Crippen LogP contribution in [0.3, 0.4) is 0 Å². The highest BCUT2D eigenvalue weighted by atomic mass is 16.5. The molecule has 7 heteroatoms. The van der Waals surface area contributed by atoms with Gasteiger partial charge in [0.2, 0.25) is 5.82 Å². The first-order chi connectivity index (χ1) is 6.94. The summed E-state index contributed by atoms with van der Waals surface area (Å²) < 4.78 is 4.97. The summed E-state index contributed by atoms with van der Waals surface area (Å²) in [5.41, 5.74) is -1.62. The van der Waals surface area contributed by atoms with Crippen LogP contribution in [-0.4, -0.2) is 34.4 Å². The molecule has 0 saturated heterocycles. The maximum absolute atomic E-state index is 11.3. The number of nitrogens with zero attached hydrogens (tertiary/aromatic N) is 1. The number of aromatic nitrogens is 3. The zero-order valence-electron chi connectivity index (χ0n) is 8.88. The van der Waals surface area contributed by atoms with Gasteiger partial charge in [0.25, 0.3) is 5.56 Å². The molecule has 0 atom stereocenters. The number of methoxy groups -OCH3 is 1. The fourth-order valence-corrected chi connectivity index (χ4v) is 1.15.